The van der Waals surface area contributed by atoms with Crippen LogP contribution in [0.2, 0.25) is 5.02 Å². The maximum Gasteiger partial charge on any atom is 0.321 e. The monoisotopic (exact) mass is 421 g/mol. The van der Waals surface area contributed by atoms with Crippen molar-refractivity contribution in [3.63, 3.8) is 0 Å². The number of aromatic nitrogens is 3. The third kappa shape index (κ3) is 3.31. The molecule has 5 rings (SSSR count). The summed E-state index contributed by atoms with van der Waals surface area (Å²) in [6.45, 7) is 3.14. The molecule has 152 valence electrons. The van der Waals surface area contributed by atoms with Gasteiger partial charge in [0.15, 0.2) is 5.65 Å². The Morgan fingerprint density at radius 1 is 1.30 bits per heavy atom. The van der Waals surface area contributed by atoms with E-state index in [0.717, 1.165) is 34.5 Å². The van der Waals surface area contributed by atoms with Crippen molar-refractivity contribution >= 4 is 34.5 Å². The van der Waals surface area contributed by atoms with E-state index < -0.39 is 0 Å². The fourth-order valence-electron chi connectivity index (χ4n) is 3.88. The number of nitrogens with one attached hydrogen (secondary N) is 1. The molecular weight excluding hydrogens is 402 g/mol. The number of anilines is 1. The molecule has 1 aromatic carbocycles. The predicted molar refractivity (Wildman–Crippen MR) is 116 cm³/mol. The maximum absolute atomic E-state index is 12.8. The van der Waals surface area contributed by atoms with Gasteiger partial charge in [0.1, 0.15) is 17.6 Å². The van der Waals surface area contributed by atoms with Crippen molar-refractivity contribution < 1.29 is 9.21 Å². The highest BCUT2D eigenvalue weighted by Gasteiger charge is 2.31. The Kier molecular flexibility index (Phi) is 4.67. The number of aryl methyl sites for hydroxylation is 1. The smallest absolute Gasteiger partial charge is 0.321 e. The first-order chi connectivity index (χ1) is 14.6. The zero-order chi connectivity index (χ0) is 20.7. The number of furan rings is 1. The van der Waals surface area contributed by atoms with Gasteiger partial charge in [-0.3, -0.25) is 0 Å². The predicted octanol–water partition coefficient (Wildman–Crippen LogP) is 5.13. The lowest BCUT2D eigenvalue weighted by Gasteiger charge is -2.19. The second kappa shape index (κ2) is 7.50. The molecule has 1 atom stereocenters. The van der Waals surface area contributed by atoms with Crippen LogP contribution in [0.25, 0.3) is 22.6 Å². The van der Waals surface area contributed by atoms with Crippen LogP contribution in [0.1, 0.15) is 18.0 Å². The largest absolute Gasteiger partial charge is 0.472 e. The summed E-state index contributed by atoms with van der Waals surface area (Å²) in [6.07, 6.45) is 5.89. The molecule has 0 saturated carbocycles. The van der Waals surface area contributed by atoms with Gasteiger partial charge in [0.2, 0.25) is 0 Å². The van der Waals surface area contributed by atoms with Gasteiger partial charge in [-0.05, 0) is 49.2 Å². The highest BCUT2D eigenvalue weighted by Crippen LogP contribution is 2.32. The topological polar surface area (TPSA) is 76.2 Å². The quantitative estimate of drug-likeness (QED) is 0.497. The van der Waals surface area contributed by atoms with Gasteiger partial charge in [-0.1, -0.05) is 17.7 Å². The van der Waals surface area contributed by atoms with E-state index in [1.807, 2.05) is 42.2 Å². The van der Waals surface area contributed by atoms with Gasteiger partial charge < -0.3 is 19.2 Å². The number of hydrogen-bond acceptors (Lipinski definition) is 4. The number of benzene rings is 1. The number of carbonyl (C=O) groups is 1. The van der Waals surface area contributed by atoms with Gasteiger partial charge in [-0.15, -0.1) is 0 Å². The number of nitrogens with zero attached hydrogens (tertiary/aromatic N) is 4. The van der Waals surface area contributed by atoms with E-state index in [2.05, 4.69) is 14.9 Å². The van der Waals surface area contributed by atoms with E-state index in [1.165, 1.54) is 0 Å². The molecule has 0 radical (unpaired) electrons. The molecule has 7 nitrogen and oxygen atoms in total. The summed E-state index contributed by atoms with van der Waals surface area (Å²) < 4.78 is 7.39. The number of urea groups is 1. The molecule has 3 aromatic heterocycles. The lowest BCUT2D eigenvalue weighted by atomic mass is 10.2. The van der Waals surface area contributed by atoms with Crippen LogP contribution < -0.4 is 5.32 Å². The Labute approximate surface area is 178 Å². The van der Waals surface area contributed by atoms with E-state index >= 15 is 0 Å². The molecule has 1 N–H and O–H groups in total. The Morgan fingerprint density at radius 3 is 3.00 bits per heavy atom. The number of carbonyl (C=O) groups excluding carboxylic acids is 1. The number of rotatable bonds is 3. The lowest BCUT2D eigenvalue weighted by molar-refractivity contribution is 0.221. The van der Waals surface area contributed by atoms with E-state index in [9.17, 15) is 4.79 Å². The molecule has 30 heavy (non-hydrogen) atoms. The second-order valence-electron chi connectivity index (χ2n) is 7.45. The van der Waals surface area contributed by atoms with Crippen LogP contribution in [0.4, 0.5) is 10.5 Å². The number of pyridine rings is 1. The minimum absolute atomic E-state index is 0.0714. The first kappa shape index (κ1) is 18.7. The van der Waals surface area contributed by atoms with Gasteiger partial charge in [0.05, 0.1) is 17.9 Å². The summed E-state index contributed by atoms with van der Waals surface area (Å²) in [7, 11) is 0. The van der Waals surface area contributed by atoms with Gasteiger partial charge in [0.25, 0.3) is 0 Å². The van der Waals surface area contributed by atoms with Gasteiger partial charge in [-0.25, -0.2) is 14.8 Å². The Bertz CT molecular complexity index is 1220. The van der Waals surface area contributed by atoms with Crippen LogP contribution in [0.3, 0.4) is 0 Å². The number of likely N-dealkylation sites (tertiary alicyclic amines) is 1. The SMILES string of the molecule is Cc1ccc(NC(=O)N2CC[C@@H](n3c(-c4ccoc4)nc4cccnc43)C2)cc1Cl. The number of hydrogen-bond donors (Lipinski definition) is 1. The van der Waals surface area contributed by atoms with Crippen molar-refractivity contribution in [2.75, 3.05) is 18.4 Å². The van der Waals surface area contributed by atoms with Crippen LogP contribution in [0.15, 0.2) is 59.5 Å². The highest BCUT2D eigenvalue weighted by molar-refractivity contribution is 6.31. The molecule has 2 amide bonds. The molecule has 0 bridgehead atoms. The minimum Gasteiger partial charge on any atom is -0.472 e. The molecule has 0 spiro atoms. The molecule has 1 aliphatic heterocycles. The summed E-state index contributed by atoms with van der Waals surface area (Å²) in [6, 6.07) is 11.2. The highest BCUT2D eigenvalue weighted by atomic mass is 35.5. The van der Waals surface area contributed by atoms with Crippen LogP contribution in [0, 0.1) is 6.92 Å². The number of fused-ring (bicyclic) bond motifs is 1. The molecular formula is C22H20ClN5O2. The van der Waals surface area contributed by atoms with Crippen LogP contribution in [-0.2, 0) is 0 Å². The van der Waals surface area contributed by atoms with Crippen LogP contribution >= 0.6 is 11.6 Å². The molecule has 0 unspecified atom stereocenters. The third-order valence-corrected chi connectivity index (χ3v) is 5.87. The molecule has 0 aliphatic carbocycles. The van der Waals surface area contributed by atoms with Crippen LogP contribution in [-0.4, -0.2) is 38.6 Å². The zero-order valence-corrected chi connectivity index (χ0v) is 17.1. The number of amides is 2. The zero-order valence-electron chi connectivity index (χ0n) is 16.4. The van der Waals surface area contributed by atoms with Crippen molar-refractivity contribution in [2.24, 2.45) is 0 Å². The van der Waals surface area contributed by atoms with Gasteiger partial charge in [0, 0.05) is 30.0 Å². The fraction of sp³-hybridized carbons (Fsp3) is 0.227. The van der Waals surface area contributed by atoms with Crippen molar-refractivity contribution in [3.05, 3.63) is 65.7 Å². The van der Waals surface area contributed by atoms with E-state index in [0.29, 0.717) is 23.8 Å². The third-order valence-electron chi connectivity index (χ3n) is 5.47. The maximum atomic E-state index is 12.8. The Hall–Kier alpha value is -3.32. The summed E-state index contributed by atoms with van der Waals surface area (Å²) in [5, 5.41) is 3.58. The molecule has 4 aromatic rings. The Balaban J connectivity index is 1.40. The Morgan fingerprint density at radius 2 is 2.20 bits per heavy atom. The average molecular weight is 422 g/mol. The molecule has 4 heterocycles. The normalized spacial score (nSPS) is 16.3. The summed E-state index contributed by atoms with van der Waals surface area (Å²) in [4.78, 5) is 23.9. The average Bonchev–Trinajstić information content (AvgIpc) is 3.49. The van der Waals surface area contributed by atoms with Crippen molar-refractivity contribution in [1.29, 1.82) is 0 Å². The number of imidazole rings is 1. The van der Waals surface area contributed by atoms with E-state index in [-0.39, 0.29) is 12.1 Å². The molecule has 8 heteroatoms. The van der Waals surface area contributed by atoms with Gasteiger partial charge in [-0.2, -0.15) is 0 Å². The minimum atomic E-state index is -0.139. The van der Waals surface area contributed by atoms with E-state index in [4.69, 9.17) is 21.0 Å². The summed E-state index contributed by atoms with van der Waals surface area (Å²) in [5.41, 5.74) is 4.19. The van der Waals surface area contributed by atoms with Crippen LogP contribution in [0.5, 0.6) is 0 Å². The van der Waals surface area contributed by atoms with Crippen molar-refractivity contribution in [1.82, 2.24) is 19.4 Å². The standard InChI is InChI=1S/C22H20ClN5O2/c1-14-4-5-16(11-18(14)23)25-22(29)27-9-6-17(12-27)28-20(15-7-10-30-13-15)26-19-3-2-8-24-21(19)28/h2-5,7-8,10-11,13,17H,6,9,12H2,1H3,(H,25,29)/t17-/m1/s1. The fourth-order valence-corrected chi connectivity index (χ4v) is 4.06. The first-order valence-electron chi connectivity index (χ1n) is 9.78. The van der Waals surface area contributed by atoms with E-state index in [1.54, 1.807) is 24.8 Å². The molecule has 1 saturated heterocycles. The summed E-state index contributed by atoms with van der Waals surface area (Å²) >= 11 is 6.18. The number of halogens is 1. The summed E-state index contributed by atoms with van der Waals surface area (Å²) in [5.74, 6) is 0.801. The van der Waals surface area contributed by atoms with Crippen molar-refractivity contribution in [2.45, 2.75) is 19.4 Å². The molecule has 1 fully saturated rings. The van der Waals surface area contributed by atoms with Gasteiger partial charge >= 0.3 is 6.03 Å². The molecule has 1 aliphatic rings. The lowest BCUT2D eigenvalue weighted by Crippen LogP contribution is -2.33. The van der Waals surface area contributed by atoms with Crippen molar-refractivity contribution in [3.8, 4) is 11.4 Å². The first-order valence-corrected chi connectivity index (χ1v) is 10.2. The second-order valence-corrected chi connectivity index (χ2v) is 7.85.